The van der Waals surface area contributed by atoms with Crippen molar-refractivity contribution in [3.63, 3.8) is 0 Å². The van der Waals surface area contributed by atoms with Crippen LogP contribution in [0.1, 0.15) is 456 Å². The van der Waals surface area contributed by atoms with Gasteiger partial charge in [-0.25, -0.2) is 0 Å². The molecule has 0 aromatic heterocycles. The van der Waals surface area contributed by atoms with E-state index in [0.29, 0.717) is 23.7 Å². The number of halogens is 4. The third-order valence-electron chi connectivity index (χ3n) is 24.5. The van der Waals surface area contributed by atoms with Crippen LogP contribution in [0.15, 0.2) is 72.8 Å². The van der Waals surface area contributed by atoms with E-state index in [9.17, 15) is 44.3 Å². The van der Waals surface area contributed by atoms with E-state index >= 15 is 0 Å². The Bertz CT molecular complexity index is 3420. The Hall–Kier alpha value is -2.22. The Morgan fingerprint density at radius 1 is 0.160 bits per heavy atom. The van der Waals surface area contributed by atoms with Crippen molar-refractivity contribution in [3.8, 4) is 0 Å². The quantitative estimate of drug-likeness (QED) is 0.0419. The van der Waals surface area contributed by atoms with Crippen LogP contribution in [-0.4, -0.2) is 38.9 Å². The van der Waals surface area contributed by atoms with Gasteiger partial charge in [0.1, 0.15) is 14.2 Å². The van der Waals surface area contributed by atoms with E-state index in [1.54, 1.807) is 20.7 Å². The van der Waals surface area contributed by atoms with Crippen LogP contribution >= 0.6 is 44.3 Å². The summed E-state index contributed by atoms with van der Waals surface area (Å²) >= 11 is 45.6. The van der Waals surface area contributed by atoms with E-state index in [0.717, 1.165) is 0 Å². The summed E-state index contributed by atoms with van der Waals surface area (Å²) in [5, 5.41) is 9.22. The van der Waals surface area contributed by atoms with E-state index in [-0.39, 0.29) is 82.9 Å². The molecule has 0 unspecified atom stereocenters. The van der Waals surface area contributed by atoms with Gasteiger partial charge in [-0.15, -0.1) is 0 Å². The van der Waals surface area contributed by atoms with Crippen molar-refractivity contribution < 1.29 is 0 Å². The lowest BCUT2D eigenvalue weighted by atomic mass is 9.89. The smallest absolute Gasteiger partial charge is 0.174 e. The van der Waals surface area contributed by atoms with E-state index in [1.165, 1.54) is 111 Å². The minimum atomic E-state index is -4.27. The highest BCUT2D eigenvalue weighted by Crippen LogP contribution is 2.75. The number of fused-ring (bicyclic) bond motifs is 1. The normalized spacial score (nSPS) is 20.9. The van der Waals surface area contributed by atoms with Gasteiger partial charge in [-0.05, 0) is 217 Å². The minimum absolute atomic E-state index is 0.126. The van der Waals surface area contributed by atoms with Crippen LogP contribution in [0.25, 0.3) is 0 Å². The molecule has 0 bridgehead atoms. The molecule has 6 aromatic carbocycles. The van der Waals surface area contributed by atoms with Crippen molar-refractivity contribution in [3.05, 3.63) is 173 Å². The summed E-state index contributed by atoms with van der Waals surface area (Å²) < 4.78 is 0. The first-order chi connectivity index (χ1) is 46.1. The number of hydrogen-bond donors (Lipinski definition) is 0. The molecule has 2 heterocycles. The third-order valence-corrected chi connectivity index (χ3v) is 217. The molecule has 2 saturated heterocycles. The predicted molar refractivity (Wildman–Crippen MR) is 468 cm³/mol. The fourth-order valence-corrected chi connectivity index (χ4v) is 400. The first kappa shape index (κ1) is 83.4. The molecule has 2 fully saturated rings. The SMILES string of the molecule is CC(C)c1cc(C(C)C)c([Si]2(c3c(C(C)C)cc(C(C)C)cc3C(C)C)[Si@]3(Cl)[Si@@](Cl)([Si](c4c(C(C)C)cc(C(C)C)cc4C(C)C)(c4c(C(C)C)cc(C(C)C)cc4C(C)C)[Si@@]3(Cl)c3c(C(C)C)cc(C(C)C)cc3C(C)C)[Si@@]2(Cl)c2c(C(C)C)cc(C(C)C)cc2C(C)C)c(C(C)C)c1. The Morgan fingerprint density at radius 3 is 0.350 bits per heavy atom. The molecular formula is C90H138Cl4Si6. The summed E-state index contributed by atoms with van der Waals surface area (Å²) in [6.45, 7) is 89.4. The molecule has 0 N–H and O–H groups in total. The van der Waals surface area contributed by atoms with Crippen molar-refractivity contribution in [1.29, 1.82) is 0 Å². The summed E-state index contributed by atoms with van der Waals surface area (Å²) in [6.07, 6.45) is -8.53. The van der Waals surface area contributed by atoms with E-state index in [4.69, 9.17) is 0 Å². The molecule has 100 heavy (non-hydrogen) atoms. The van der Waals surface area contributed by atoms with Crippen molar-refractivity contribution in [2.24, 2.45) is 0 Å². The second kappa shape index (κ2) is 30.1. The summed E-state index contributed by atoms with van der Waals surface area (Å²) in [7, 11) is -8.33. The topological polar surface area (TPSA) is 0 Å². The van der Waals surface area contributed by atoms with Gasteiger partial charge in [0.2, 0.25) is 0 Å². The third kappa shape index (κ3) is 12.3. The van der Waals surface area contributed by atoms with Gasteiger partial charge in [0.25, 0.3) is 0 Å². The van der Waals surface area contributed by atoms with Crippen LogP contribution in [0, 0.1) is 0 Å². The van der Waals surface area contributed by atoms with E-state index < -0.39 is 38.9 Å². The van der Waals surface area contributed by atoms with Gasteiger partial charge in [0.05, 0.1) is 0 Å². The van der Waals surface area contributed by atoms with Crippen LogP contribution < -0.4 is 31.1 Å². The van der Waals surface area contributed by atoms with Gasteiger partial charge in [-0.2, -0.15) is 44.3 Å². The lowest BCUT2D eigenvalue weighted by Crippen LogP contribution is -3.33. The summed E-state index contributed by atoms with van der Waals surface area (Å²) in [5.74, 6) is -5.12. The maximum absolute atomic E-state index is 11.4. The Kier molecular flexibility index (Phi) is 25.1. The molecule has 550 valence electrons. The molecule has 10 heteroatoms. The fraction of sp³-hybridized carbons (Fsp3) is 0.600. The van der Waals surface area contributed by atoms with Crippen LogP contribution in [0.4, 0.5) is 0 Å². The van der Waals surface area contributed by atoms with Crippen LogP contribution in [0.2, 0.25) is 0 Å². The fourth-order valence-electron chi connectivity index (χ4n) is 19.0. The largest absolute Gasteiger partial charge is 0.190 e. The Morgan fingerprint density at radius 2 is 0.260 bits per heavy atom. The van der Waals surface area contributed by atoms with Gasteiger partial charge < -0.3 is 0 Å². The number of rotatable bonds is 24. The average molecular weight is 1530 g/mol. The molecular weight excluding hydrogens is 1390 g/mol. The van der Waals surface area contributed by atoms with E-state index in [1.807, 2.05) is 0 Å². The molecule has 8 rings (SSSR count). The van der Waals surface area contributed by atoms with Gasteiger partial charge >= 0.3 is 0 Å². The van der Waals surface area contributed by atoms with Crippen LogP contribution in [0.5, 0.6) is 0 Å². The number of benzene rings is 6. The molecule has 4 atom stereocenters. The summed E-state index contributed by atoms with van der Waals surface area (Å²) in [6, 6.07) is 32.5. The first-order valence-corrected chi connectivity index (χ1v) is 63.0. The van der Waals surface area contributed by atoms with Crippen LogP contribution in [-0.2, 0) is 0 Å². The molecule has 2 aliphatic heterocycles. The molecule has 0 nitrogen and oxygen atoms in total. The zero-order valence-corrected chi connectivity index (χ0v) is 78.9. The summed E-state index contributed by atoms with van der Waals surface area (Å²) in [5.41, 5.74) is 25.8. The average Bonchev–Trinajstić information content (AvgIpc) is 0.567. The molecule has 0 amide bonds. The Labute approximate surface area is 637 Å². The van der Waals surface area contributed by atoms with Crippen molar-refractivity contribution >= 4 is 114 Å². The highest BCUT2D eigenvalue weighted by atomic mass is 35.6. The monoisotopic (exact) mass is 1530 g/mol. The van der Waals surface area contributed by atoms with Crippen molar-refractivity contribution in [2.75, 3.05) is 0 Å². The van der Waals surface area contributed by atoms with Gasteiger partial charge in [-0.3, -0.25) is 0 Å². The standard InChI is InChI=1S/C90H138Cl4Si6/c1-49(2)67-37-73(55(13)14)85(74(38-67)56(15)16)95(86-75(57(17)18)39-68(50(3)4)40-76(86)58(19)20)97(91,89-81(63(29)30)45-71(53(9)10)46-82(89)64(31)32)100(94)96(87-77(59(21)22)41-69(51(5)6)42-78(87)60(23)24,88-79(61(25)26)43-70(52(7)8)44-80(88)62(27)28)98(92,99(95,100)93)90-83(65(33)34)47-72(54(11)12)48-84(90)66(35)36/h37-66H,1-36H3/t97-,98+,99-,100-/m0/s1. The van der Waals surface area contributed by atoms with Crippen LogP contribution in [0.3, 0.4) is 0 Å². The zero-order chi connectivity index (χ0) is 75.7. The molecule has 0 radical (unpaired) electrons. The first-order valence-electron chi connectivity index (χ1n) is 39.9. The molecule has 0 saturated carbocycles. The lowest BCUT2D eigenvalue weighted by Gasteiger charge is -2.88. The Balaban J connectivity index is 2.11. The maximum atomic E-state index is 11.4. The molecule has 6 aromatic rings. The second-order valence-electron chi connectivity index (χ2n) is 37.4. The van der Waals surface area contributed by atoms with Crippen molar-refractivity contribution in [1.82, 2.24) is 0 Å². The highest BCUT2D eigenvalue weighted by molar-refractivity contribution is 8.63. The molecule has 0 aliphatic carbocycles. The molecule has 2 aliphatic rings. The number of hydrogen-bond acceptors (Lipinski definition) is 0. The van der Waals surface area contributed by atoms with Gasteiger partial charge in [0, 0.05) is 0 Å². The second-order valence-corrected chi connectivity index (χ2v) is 111. The zero-order valence-electron chi connectivity index (χ0n) is 69.8. The highest BCUT2D eigenvalue weighted by Gasteiger charge is 3.13. The molecule has 0 spiro atoms. The lowest BCUT2D eigenvalue weighted by molar-refractivity contribution is 0.808. The van der Waals surface area contributed by atoms with Gasteiger partial charge in [0.15, 0.2) is 24.7 Å². The minimum Gasteiger partial charge on any atom is -0.174 e. The summed E-state index contributed by atoms with van der Waals surface area (Å²) in [4.78, 5) is 0. The van der Waals surface area contributed by atoms with Crippen molar-refractivity contribution in [2.45, 2.75) is 356 Å². The predicted octanol–water partition coefficient (Wildman–Crippen LogP) is 25.9. The van der Waals surface area contributed by atoms with Gasteiger partial charge in [-0.1, -0.05) is 343 Å². The maximum Gasteiger partial charge on any atom is 0.190 e. The van der Waals surface area contributed by atoms with E-state index in [2.05, 4.69) is 322 Å².